The van der Waals surface area contributed by atoms with E-state index in [0.29, 0.717) is 12.3 Å². The molecule has 0 rings (SSSR count). The second-order valence-electron chi connectivity index (χ2n) is 5.52. The summed E-state index contributed by atoms with van der Waals surface area (Å²) in [5.74, 6) is -0.179. The Morgan fingerprint density at radius 1 is 1.25 bits per heavy atom. The van der Waals surface area contributed by atoms with Crippen LogP contribution in [-0.4, -0.2) is 29.4 Å². The summed E-state index contributed by atoms with van der Waals surface area (Å²) in [6, 6.07) is -0.500. The van der Waals surface area contributed by atoms with Crippen molar-refractivity contribution in [3.05, 3.63) is 0 Å². The van der Waals surface area contributed by atoms with Crippen molar-refractivity contribution in [2.24, 2.45) is 11.3 Å². The number of hydrogen-bond donors (Lipinski definition) is 2. The van der Waals surface area contributed by atoms with Crippen molar-refractivity contribution in [2.75, 3.05) is 6.61 Å². The highest BCUT2D eigenvalue weighted by Crippen LogP contribution is 2.20. The summed E-state index contributed by atoms with van der Waals surface area (Å²) in [7, 11) is 0. The number of aliphatic hydroxyl groups is 1. The predicted octanol–water partition coefficient (Wildman–Crippen LogP) is 1.12. The molecule has 4 heteroatoms. The van der Waals surface area contributed by atoms with Gasteiger partial charge in [0.05, 0.1) is 6.04 Å². The van der Waals surface area contributed by atoms with Crippen LogP contribution in [0.25, 0.3) is 0 Å². The first-order chi connectivity index (χ1) is 7.18. The monoisotopic (exact) mass is 229 g/mol. The van der Waals surface area contributed by atoms with Crippen LogP contribution in [-0.2, 0) is 9.59 Å². The van der Waals surface area contributed by atoms with E-state index in [9.17, 15) is 9.59 Å². The van der Waals surface area contributed by atoms with E-state index in [2.05, 4.69) is 5.32 Å². The molecule has 1 atom stereocenters. The maximum atomic E-state index is 12.1. The second-order valence-corrected chi connectivity index (χ2v) is 5.52. The van der Waals surface area contributed by atoms with Crippen molar-refractivity contribution in [2.45, 2.75) is 47.1 Å². The Kier molecular flexibility index (Phi) is 5.65. The Labute approximate surface area is 97.4 Å². The SMILES string of the molecule is CC(C)C[C@@H](NC(=O)CO)C(=O)C(C)(C)C. The van der Waals surface area contributed by atoms with Gasteiger partial charge in [-0.1, -0.05) is 34.6 Å². The summed E-state index contributed by atoms with van der Waals surface area (Å²) in [6.07, 6.45) is 0.599. The van der Waals surface area contributed by atoms with Gasteiger partial charge in [0.15, 0.2) is 5.78 Å². The van der Waals surface area contributed by atoms with Gasteiger partial charge < -0.3 is 10.4 Å². The molecule has 0 unspecified atom stereocenters. The van der Waals surface area contributed by atoms with Crippen LogP contribution in [0.2, 0.25) is 0 Å². The lowest BCUT2D eigenvalue weighted by Crippen LogP contribution is -2.47. The Balaban J connectivity index is 4.67. The van der Waals surface area contributed by atoms with Crippen LogP contribution in [0.1, 0.15) is 41.0 Å². The maximum absolute atomic E-state index is 12.1. The van der Waals surface area contributed by atoms with E-state index in [1.165, 1.54) is 0 Å². The lowest BCUT2D eigenvalue weighted by Gasteiger charge is -2.26. The average Bonchev–Trinajstić information content (AvgIpc) is 2.13. The number of Topliss-reactive ketones (excluding diaryl/α,β-unsaturated/α-hetero) is 1. The summed E-state index contributed by atoms with van der Waals surface area (Å²) in [5.41, 5.74) is -0.484. The minimum absolute atomic E-state index is 0.00278. The fourth-order valence-electron chi connectivity index (χ4n) is 1.47. The standard InChI is InChI=1S/C12H23NO3/c1-8(2)6-9(13-10(15)7-14)11(16)12(3,4)5/h8-9,14H,6-7H2,1-5H3,(H,13,15)/t9-/m1/s1. The quantitative estimate of drug-likeness (QED) is 0.742. The molecule has 0 saturated carbocycles. The Bertz CT molecular complexity index is 253. The van der Waals surface area contributed by atoms with Crippen LogP contribution in [0.5, 0.6) is 0 Å². The van der Waals surface area contributed by atoms with E-state index >= 15 is 0 Å². The molecule has 94 valence electrons. The summed E-state index contributed by atoms with van der Waals surface area (Å²) >= 11 is 0. The number of carbonyl (C=O) groups excluding carboxylic acids is 2. The summed E-state index contributed by atoms with van der Waals surface area (Å²) in [6.45, 7) is 8.89. The van der Waals surface area contributed by atoms with Crippen LogP contribution in [0, 0.1) is 11.3 Å². The molecule has 0 radical (unpaired) electrons. The number of carbonyl (C=O) groups is 2. The Hall–Kier alpha value is -0.900. The van der Waals surface area contributed by atoms with Crippen LogP contribution >= 0.6 is 0 Å². The maximum Gasteiger partial charge on any atom is 0.246 e. The van der Waals surface area contributed by atoms with Crippen LogP contribution in [0.15, 0.2) is 0 Å². The number of rotatable bonds is 5. The average molecular weight is 229 g/mol. The van der Waals surface area contributed by atoms with Crippen molar-refractivity contribution in [3.8, 4) is 0 Å². The van der Waals surface area contributed by atoms with Crippen molar-refractivity contribution in [3.63, 3.8) is 0 Å². The Morgan fingerprint density at radius 3 is 2.06 bits per heavy atom. The first-order valence-electron chi connectivity index (χ1n) is 5.63. The number of hydrogen-bond acceptors (Lipinski definition) is 3. The van der Waals surface area contributed by atoms with E-state index in [1.807, 2.05) is 34.6 Å². The van der Waals surface area contributed by atoms with Gasteiger partial charge in [-0.3, -0.25) is 9.59 Å². The molecule has 0 aromatic rings. The molecule has 0 fully saturated rings. The van der Waals surface area contributed by atoms with Crippen molar-refractivity contribution < 1.29 is 14.7 Å². The fourth-order valence-corrected chi connectivity index (χ4v) is 1.47. The normalized spacial score (nSPS) is 13.7. The number of ketones is 1. The van der Waals surface area contributed by atoms with Gasteiger partial charge in [0, 0.05) is 5.41 Å². The van der Waals surface area contributed by atoms with Gasteiger partial charge in [0.1, 0.15) is 6.61 Å². The molecule has 0 aliphatic rings. The third-order valence-electron chi connectivity index (χ3n) is 2.24. The molecule has 0 saturated heterocycles. The molecule has 0 aliphatic heterocycles. The fraction of sp³-hybridized carbons (Fsp3) is 0.833. The molecule has 1 amide bonds. The highest BCUT2D eigenvalue weighted by atomic mass is 16.3. The summed E-state index contributed by atoms with van der Waals surface area (Å²) in [4.78, 5) is 23.2. The molecular formula is C12H23NO3. The van der Waals surface area contributed by atoms with Crippen LogP contribution in [0.3, 0.4) is 0 Å². The lowest BCUT2D eigenvalue weighted by molar-refractivity contribution is -0.133. The third-order valence-corrected chi connectivity index (χ3v) is 2.24. The highest BCUT2D eigenvalue weighted by Gasteiger charge is 2.30. The zero-order valence-corrected chi connectivity index (χ0v) is 10.8. The highest BCUT2D eigenvalue weighted by molar-refractivity contribution is 5.92. The largest absolute Gasteiger partial charge is 0.387 e. The van der Waals surface area contributed by atoms with Gasteiger partial charge >= 0.3 is 0 Å². The molecule has 16 heavy (non-hydrogen) atoms. The van der Waals surface area contributed by atoms with E-state index in [0.717, 1.165) is 0 Å². The number of aliphatic hydroxyl groups excluding tert-OH is 1. The molecule has 0 aromatic carbocycles. The van der Waals surface area contributed by atoms with Crippen LogP contribution in [0.4, 0.5) is 0 Å². The van der Waals surface area contributed by atoms with Gasteiger partial charge in [0.2, 0.25) is 5.91 Å². The minimum atomic E-state index is -0.577. The third kappa shape index (κ3) is 5.26. The molecule has 0 aliphatic carbocycles. The molecule has 0 spiro atoms. The smallest absolute Gasteiger partial charge is 0.246 e. The molecule has 0 bridgehead atoms. The summed E-state index contributed by atoms with van der Waals surface area (Å²) in [5, 5.41) is 11.2. The van der Waals surface area contributed by atoms with Gasteiger partial charge in [-0.25, -0.2) is 0 Å². The molecular weight excluding hydrogens is 206 g/mol. The van der Waals surface area contributed by atoms with Crippen molar-refractivity contribution in [1.29, 1.82) is 0 Å². The van der Waals surface area contributed by atoms with E-state index in [1.54, 1.807) is 0 Å². The van der Waals surface area contributed by atoms with Gasteiger partial charge in [-0.15, -0.1) is 0 Å². The zero-order valence-electron chi connectivity index (χ0n) is 10.8. The van der Waals surface area contributed by atoms with Crippen molar-refractivity contribution >= 4 is 11.7 Å². The zero-order chi connectivity index (χ0) is 12.9. The van der Waals surface area contributed by atoms with E-state index in [4.69, 9.17) is 5.11 Å². The van der Waals surface area contributed by atoms with Gasteiger partial charge in [-0.2, -0.15) is 0 Å². The van der Waals surface area contributed by atoms with Crippen LogP contribution < -0.4 is 5.32 Å². The number of nitrogens with one attached hydrogen (secondary N) is 1. The van der Waals surface area contributed by atoms with E-state index in [-0.39, 0.29) is 5.78 Å². The van der Waals surface area contributed by atoms with E-state index < -0.39 is 24.0 Å². The van der Waals surface area contributed by atoms with Gasteiger partial charge in [0.25, 0.3) is 0 Å². The van der Waals surface area contributed by atoms with Crippen molar-refractivity contribution in [1.82, 2.24) is 5.32 Å². The molecule has 2 N–H and O–H groups in total. The van der Waals surface area contributed by atoms with Gasteiger partial charge in [-0.05, 0) is 12.3 Å². The number of amides is 1. The second kappa shape index (κ2) is 5.99. The minimum Gasteiger partial charge on any atom is -0.387 e. The first kappa shape index (κ1) is 15.1. The Morgan fingerprint density at radius 2 is 1.75 bits per heavy atom. The first-order valence-corrected chi connectivity index (χ1v) is 5.63. The topological polar surface area (TPSA) is 66.4 Å². The lowest BCUT2D eigenvalue weighted by atomic mass is 9.83. The molecule has 0 aromatic heterocycles. The molecule has 0 heterocycles. The predicted molar refractivity (Wildman–Crippen MR) is 62.9 cm³/mol. The molecule has 4 nitrogen and oxygen atoms in total. The summed E-state index contributed by atoms with van der Waals surface area (Å²) < 4.78 is 0.